The van der Waals surface area contributed by atoms with E-state index in [0.717, 1.165) is 82.8 Å². The van der Waals surface area contributed by atoms with Gasteiger partial charge in [0.15, 0.2) is 0 Å². The predicted molar refractivity (Wildman–Crippen MR) is 140 cm³/mol. The number of amides is 2. The Kier molecular flexibility index (Phi) is 6.59. The quantitative estimate of drug-likeness (QED) is 0.480. The summed E-state index contributed by atoms with van der Waals surface area (Å²) >= 11 is 7.68. The molecule has 2 fully saturated rings. The van der Waals surface area contributed by atoms with Crippen molar-refractivity contribution in [3.05, 3.63) is 64.2 Å². The molecule has 1 aromatic heterocycles. The molecule has 2 saturated heterocycles. The summed E-state index contributed by atoms with van der Waals surface area (Å²) in [5.41, 5.74) is 4.72. The van der Waals surface area contributed by atoms with Crippen molar-refractivity contribution in [2.24, 2.45) is 0 Å². The molecule has 0 radical (unpaired) electrons. The number of piperazine rings is 1. The summed E-state index contributed by atoms with van der Waals surface area (Å²) in [6.45, 7) is 7.43. The van der Waals surface area contributed by atoms with Crippen LogP contribution in [-0.4, -0.2) is 53.8 Å². The van der Waals surface area contributed by atoms with Crippen molar-refractivity contribution < 1.29 is 9.59 Å². The Morgan fingerprint density at radius 1 is 1.12 bits per heavy atom. The highest BCUT2D eigenvalue weighted by atomic mass is 35.5. The molecule has 1 N–H and O–H groups in total. The standard InChI is InChI=1S/C26H25ClN4O2S/c1-2-8-30-9-11-31(12-10-30)23-7-6-18(15-21(23)27)19-4-3-5-22-20(19)13-17(16-28-22)14-24-25(32)29-26(33)34-24/h3-7,13-16H,2,8-12H2,1H3,(H,29,32,33). The fourth-order valence-electron chi connectivity index (χ4n) is 4.53. The lowest BCUT2D eigenvalue weighted by atomic mass is 9.99. The molecule has 34 heavy (non-hydrogen) atoms. The molecule has 0 bridgehead atoms. The highest BCUT2D eigenvalue weighted by Crippen LogP contribution is 2.35. The highest BCUT2D eigenvalue weighted by molar-refractivity contribution is 8.18. The van der Waals surface area contributed by atoms with Crippen LogP contribution >= 0.6 is 23.4 Å². The zero-order valence-corrected chi connectivity index (χ0v) is 20.5. The first-order valence-electron chi connectivity index (χ1n) is 11.4. The number of hydrogen-bond acceptors (Lipinski definition) is 6. The van der Waals surface area contributed by atoms with Gasteiger partial charge in [-0.05, 0) is 71.8 Å². The molecule has 8 heteroatoms. The highest BCUT2D eigenvalue weighted by Gasteiger charge is 2.25. The van der Waals surface area contributed by atoms with Gasteiger partial charge < -0.3 is 4.90 Å². The van der Waals surface area contributed by atoms with Crippen LogP contribution in [0.5, 0.6) is 0 Å². The number of aromatic nitrogens is 1. The summed E-state index contributed by atoms with van der Waals surface area (Å²) in [5, 5.41) is 3.63. The van der Waals surface area contributed by atoms with Gasteiger partial charge in [-0.3, -0.25) is 24.8 Å². The van der Waals surface area contributed by atoms with Gasteiger partial charge in [0.1, 0.15) is 0 Å². The SMILES string of the molecule is CCCN1CCN(c2ccc(-c3cccc4ncc(C=C5SC(=O)NC5=O)cc34)cc2Cl)CC1. The molecule has 174 valence electrons. The fraction of sp³-hybridized carbons (Fsp3) is 0.269. The van der Waals surface area contributed by atoms with Gasteiger partial charge in [0, 0.05) is 37.8 Å². The maximum atomic E-state index is 11.9. The van der Waals surface area contributed by atoms with Gasteiger partial charge in [0.2, 0.25) is 0 Å². The van der Waals surface area contributed by atoms with E-state index in [1.807, 2.05) is 24.3 Å². The van der Waals surface area contributed by atoms with Crippen molar-refractivity contribution in [1.29, 1.82) is 0 Å². The number of nitrogens with one attached hydrogen (secondary N) is 1. The van der Waals surface area contributed by atoms with Crippen LogP contribution in [0.4, 0.5) is 10.5 Å². The zero-order valence-electron chi connectivity index (χ0n) is 18.9. The van der Waals surface area contributed by atoms with Gasteiger partial charge >= 0.3 is 0 Å². The molecule has 0 atom stereocenters. The number of hydrogen-bond donors (Lipinski definition) is 1. The summed E-state index contributed by atoms with van der Waals surface area (Å²) in [4.78, 5) is 33.2. The number of pyridine rings is 1. The number of thioether (sulfide) groups is 1. The van der Waals surface area contributed by atoms with Crippen LogP contribution in [0, 0.1) is 0 Å². The molecular weight excluding hydrogens is 468 g/mol. The van der Waals surface area contributed by atoms with Crippen LogP contribution in [0.3, 0.4) is 0 Å². The largest absolute Gasteiger partial charge is 0.368 e. The Morgan fingerprint density at radius 2 is 1.94 bits per heavy atom. The van der Waals surface area contributed by atoms with Gasteiger partial charge in [-0.25, -0.2) is 0 Å². The molecule has 0 aliphatic carbocycles. The minimum atomic E-state index is -0.374. The van der Waals surface area contributed by atoms with Crippen molar-refractivity contribution >= 4 is 57.2 Å². The third-order valence-corrected chi connectivity index (χ3v) is 7.31. The second-order valence-corrected chi connectivity index (χ2v) is 9.91. The Bertz CT molecular complexity index is 1300. The van der Waals surface area contributed by atoms with Gasteiger partial charge in [-0.1, -0.05) is 36.7 Å². The minimum Gasteiger partial charge on any atom is -0.368 e. The number of halogens is 1. The van der Waals surface area contributed by atoms with Crippen LogP contribution < -0.4 is 10.2 Å². The summed E-state index contributed by atoms with van der Waals surface area (Å²) in [7, 11) is 0. The second kappa shape index (κ2) is 9.78. The smallest absolute Gasteiger partial charge is 0.290 e. The van der Waals surface area contributed by atoms with Crippen LogP contribution in [-0.2, 0) is 4.79 Å². The molecule has 5 rings (SSSR count). The van der Waals surface area contributed by atoms with E-state index in [2.05, 4.69) is 45.2 Å². The Morgan fingerprint density at radius 3 is 2.65 bits per heavy atom. The van der Waals surface area contributed by atoms with E-state index in [-0.39, 0.29) is 11.1 Å². The van der Waals surface area contributed by atoms with Gasteiger partial charge in [-0.2, -0.15) is 0 Å². The Hall–Kier alpha value is -2.87. The topological polar surface area (TPSA) is 65.5 Å². The van der Waals surface area contributed by atoms with E-state index in [0.29, 0.717) is 4.91 Å². The molecule has 2 amide bonds. The normalized spacial score (nSPS) is 18.2. The first kappa shape index (κ1) is 22.9. The number of imide groups is 1. The third-order valence-electron chi connectivity index (χ3n) is 6.20. The molecule has 2 aliphatic rings. The summed E-state index contributed by atoms with van der Waals surface area (Å²) in [6.07, 6.45) is 4.59. The van der Waals surface area contributed by atoms with Crippen LogP contribution in [0.1, 0.15) is 18.9 Å². The maximum absolute atomic E-state index is 11.9. The molecule has 2 aliphatic heterocycles. The van der Waals surface area contributed by atoms with Gasteiger partial charge in [0.05, 0.1) is 21.1 Å². The number of fused-ring (bicyclic) bond motifs is 1. The number of anilines is 1. The molecule has 6 nitrogen and oxygen atoms in total. The monoisotopic (exact) mass is 492 g/mol. The van der Waals surface area contributed by atoms with E-state index in [1.165, 1.54) is 6.42 Å². The lowest BCUT2D eigenvalue weighted by Gasteiger charge is -2.36. The maximum Gasteiger partial charge on any atom is 0.290 e. The Labute approximate surface area is 208 Å². The van der Waals surface area contributed by atoms with Crippen LogP contribution in [0.2, 0.25) is 5.02 Å². The average Bonchev–Trinajstić information content (AvgIpc) is 3.15. The fourth-order valence-corrected chi connectivity index (χ4v) is 5.51. The lowest BCUT2D eigenvalue weighted by Crippen LogP contribution is -2.46. The summed E-state index contributed by atoms with van der Waals surface area (Å²) in [5.74, 6) is -0.374. The van der Waals surface area contributed by atoms with Crippen LogP contribution in [0.15, 0.2) is 53.6 Å². The number of carbonyl (C=O) groups excluding carboxylic acids is 2. The Balaban J connectivity index is 1.45. The van der Waals surface area contributed by atoms with Crippen molar-refractivity contribution in [1.82, 2.24) is 15.2 Å². The predicted octanol–water partition coefficient (Wildman–Crippen LogP) is 5.41. The average molecular weight is 493 g/mol. The van der Waals surface area contributed by atoms with Gasteiger partial charge in [0.25, 0.3) is 11.1 Å². The molecular formula is C26H25ClN4O2S. The van der Waals surface area contributed by atoms with Gasteiger partial charge in [-0.15, -0.1) is 0 Å². The number of rotatable bonds is 5. The zero-order chi connectivity index (χ0) is 23.7. The first-order chi connectivity index (χ1) is 16.5. The minimum absolute atomic E-state index is 0.354. The van der Waals surface area contributed by atoms with Crippen LogP contribution in [0.25, 0.3) is 28.1 Å². The number of benzene rings is 2. The lowest BCUT2D eigenvalue weighted by molar-refractivity contribution is -0.115. The van der Waals surface area contributed by atoms with Crippen molar-refractivity contribution in [2.45, 2.75) is 13.3 Å². The van der Waals surface area contributed by atoms with Crippen molar-refractivity contribution in [2.75, 3.05) is 37.6 Å². The van der Waals surface area contributed by atoms with E-state index >= 15 is 0 Å². The first-order valence-corrected chi connectivity index (χ1v) is 12.6. The third kappa shape index (κ3) is 4.69. The molecule has 3 heterocycles. The number of carbonyl (C=O) groups is 2. The second-order valence-electron chi connectivity index (χ2n) is 8.49. The molecule has 0 unspecified atom stereocenters. The molecule has 0 spiro atoms. The van der Waals surface area contributed by atoms with Crippen molar-refractivity contribution in [3.63, 3.8) is 0 Å². The summed E-state index contributed by atoms with van der Waals surface area (Å²) < 4.78 is 0. The number of nitrogens with zero attached hydrogens (tertiary/aromatic N) is 3. The van der Waals surface area contributed by atoms with E-state index in [1.54, 1.807) is 12.3 Å². The summed E-state index contributed by atoms with van der Waals surface area (Å²) in [6, 6.07) is 14.2. The van der Waals surface area contributed by atoms with Crippen molar-refractivity contribution in [3.8, 4) is 11.1 Å². The molecule has 0 saturated carbocycles. The molecule has 2 aromatic carbocycles. The van der Waals surface area contributed by atoms with E-state index < -0.39 is 0 Å². The van der Waals surface area contributed by atoms with E-state index in [4.69, 9.17) is 11.6 Å². The molecule has 3 aromatic rings. The van der Waals surface area contributed by atoms with E-state index in [9.17, 15) is 9.59 Å².